The predicted octanol–water partition coefficient (Wildman–Crippen LogP) is 3.52. The first-order valence-corrected chi connectivity index (χ1v) is 6.45. The lowest BCUT2D eigenvalue weighted by Crippen LogP contribution is -1.97. The van der Waals surface area contributed by atoms with Gasteiger partial charge in [-0.05, 0) is 23.6 Å². The fraction of sp³-hybridized carbons (Fsp3) is 0.0769. The van der Waals surface area contributed by atoms with Crippen molar-refractivity contribution in [1.82, 2.24) is 10.1 Å². The Balaban J connectivity index is 1.70. The van der Waals surface area contributed by atoms with Gasteiger partial charge in [0.2, 0.25) is 5.82 Å². The molecule has 3 rings (SSSR count). The summed E-state index contributed by atoms with van der Waals surface area (Å²) in [6.07, 6.45) is 0. The Morgan fingerprint density at radius 1 is 1.21 bits per heavy atom. The third-order valence-electron chi connectivity index (χ3n) is 2.40. The van der Waals surface area contributed by atoms with Crippen molar-refractivity contribution in [2.45, 2.75) is 6.61 Å². The average Bonchev–Trinajstić information content (AvgIpc) is 3.09. The zero-order valence-electron chi connectivity index (χ0n) is 9.75. The van der Waals surface area contributed by atoms with Crippen molar-refractivity contribution < 1.29 is 13.7 Å². The maximum Gasteiger partial charge on any atom is 0.264 e. The van der Waals surface area contributed by atoms with Gasteiger partial charge in [0, 0.05) is 0 Å². The molecule has 2 aromatic heterocycles. The molecule has 2 heterocycles. The molecule has 19 heavy (non-hydrogen) atoms. The van der Waals surface area contributed by atoms with Gasteiger partial charge in [-0.25, -0.2) is 4.39 Å². The second kappa shape index (κ2) is 5.19. The number of benzene rings is 1. The Bertz CT molecular complexity index is 667. The van der Waals surface area contributed by atoms with E-state index in [1.54, 1.807) is 18.2 Å². The molecule has 3 aromatic rings. The number of ether oxygens (including phenoxy) is 1. The summed E-state index contributed by atoms with van der Waals surface area (Å²) in [4.78, 5) is 5.10. The minimum Gasteiger partial charge on any atom is -0.481 e. The molecule has 0 amide bonds. The Morgan fingerprint density at radius 3 is 2.89 bits per heavy atom. The van der Waals surface area contributed by atoms with Gasteiger partial charge in [0.05, 0.1) is 4.88 Å². The quantitative estimate of drug-likeness (QED) is 0.731. The van der Waals surface area contributed by atoms with E-state index in [9.17, 15) is 4.39 Å². The Hall–Kier alpha value is -2.21. The van der Waals surface area contributed by atoms with E-state index in [0.717, 1.165) is 4.88 Å². The van der Waals surface area contributed by atoms with Crippen molar-refractivity contribution in [3.05, 3.63) is 53.5 Å². The zero-order chi connectivity index (χ0) is 13.1. The molecule has 0 aliphatic heterocycles. The van der Waals surface area contributed by atoms with E-state index in [0.29, 0.717) is 11.7 Å². The number of hydrogen-bond donors (Lipinski definition) is 0. The zero-order valence-corrected chi connectivity index (χ0v) is 10.6. The fourth-order valence-corrected chi connectivity index (χ4v) is 2.17. The lowest BCUT2D eigenvalue weighted by molar-refractivity contribution is 0.234. The summed E-state index contributed by atoms with van der Waals surface area (Å²) in [6, 6.07) is 9.99. The minimum atomic E-state index is -0.416. The highest BCUT2D eigenvalue weighted by atomic mass is 32.1. The molecule has 4 nitrogen and oxygen atoms in total. The number of nitrogens with zero attached hydrogens (tertiary/aromatic N) is 2. The van der Waals surface area contributed by atoms with Crippen molar-refractivity contribution in [1.29, 1.82) is 0 Å². The van der Waals surface area contributed by atoms with Crippen LogP contribution in [0.25, 0.3) is 10.7 Å². The summed E-state index contributed by atoms with van der Waals surface area (Å²) in [5, 5.41) is 5.78. The maximum atomic E-state index is 13.3. The molecule has 0 unspecified atom stereocenters. The first kappa shape index (κ1) is 11.9. The van der Waals surface area contributed by atoms with Gasteiger partial charge in [0.15, 0.2) is 18.2 Å². The van der Waals surface area contributed by atoms with Gasteiger partial charge in [0.25, 0.3) is 5.89 Å². The van der Waals surface area contributed by atoms with E-state index < -0.39 is 5.82 Å². The molecule has 0 aliphatic carbocycles. The standard InChI is InChI=1S/C13H9FN2O2S/c14-9-4-1-2-5-10(9)17-8-12-15-13(16-18-12)11-6-3-7-19-11/h1-7H,8H2. The molecular formula is C13H9FN2O2S. The SMILES string of the molecule is Fc1ccccc1OCc1nc(-c2cccs2)no1. The number of para-hydroxylation sites is 1. The van der Waals surface area contributed by atoms with E-state index in [2.05, 4.69) is 10.1 Å². The highest BCUT2D eigenvalue weighted by Gasteiger charge is 2.10. The molecule has 96 valence electrons. The predicted molar refractivity (Wildman–Crippen MR) is 68.3 cm³/mol. The van der Waals surface area contributed by atoms with Gasteiger partial charge >= 0.3 is 0 Å². The van der Waals surface area contributed by atoms with Crippen LogP contribution in [-0.4, -0.2) is 10.1 Å². The summed E-state index contributed by atoms with van der Waals surface area (Å²) < 4.78 is 23.7. The molecule has 0 bridgehead atoms. The molecule has 1 aromatic carbocycles. The third-order valence-corrected chi connectivity index (χ3v) is 3.26. The molecule has 0 spiro atoms. The van der Waals surface area contributed by atoms with Crippen LogP contribution in [0.4, 0.5) is 4.39 Å². The second-order valence-electron chi connectivity index (χ2n) is 3.71. The van der Waals surface area contributed by atoms with Gasteiger partial charge in [-0.3, -0.25) is 0 Å². The van der Waals surface area contributed by atoms with Crippen LogP contribution in [0.2, 0.25) is 0 Å². The summed E-state index contributed by atoms with van der Waals surface area (Å²) in [7, 11) is 0. The number of rotatable bonds is 4. The van der Waals surface area contributed by atoms with Crippen LogP contribution in [0, 0.1) is 5.82 Å². The van der Waals surface area contributed by atoms with E-state index in [4.69, 9.17) is 9.26 Å². The van der Waals surface area contributed by atoms with Crippen LogP contribution in [0.1, 0.15) is 5.89 Å². The molecule has 6 heteroatoms. The van der Waals surface area contributed by atoms with Gasteiger partial charge < -0.3 is 9.26 Å². The van der Waals surface area contributed by atoms with Gasteiger partial charge in [-0.2, -0.15) is 4.98 Å². The first-order chi connectivity index (χ1) is 9.33. The molecule has 0 aliphatic rings. The first-order valence-electron chi connectivity index (χ1n) is 5.57. The lowest BCUT2D eigenvalue weighted by Gasteiger charge is -2.02. The van der Waals surface area contributed by atoms with Crippen molar-refractivity contribution in [3.8, 4) is 16.5 Å². The lowest BCUT2D eigenvalue weighted by atomic mass is 10.3. The van der Waals surface area contributed by atoms with Crippen molar-refractivity contribution >= 4 is 11.3 Å². The highest BCUT2D eigenvalue weighted by Crippen LogP contribution is 2.22. The van der Waals surface area contributed by atoms with E-state index in [-0.39, 0.29) is 12.4 Å². The number of hydrogen-bond acceptors (Lipinski definition) is 5. The van der Waals surface area contributed by atoms with E-state index in [1.165, 1.54) is 17.4 Å². The summed E-state index contributed by atoms with van der Waals surface area (Å²) in [5.41, 5.74) is 0. The monoisotopic (exact) mass is 276 g/mol. The topological polar surface area (TPSA) is 48.2 Å². The second-order valence-corrected chi connectivity index (χ2v) is 4.66. The smallest absolute Gasteiger partial charge is 0.264 e. The summed E-state index contributed by atoms with van der Waals surface area (Å²) >= 11 is 1.52. The van der Waals surface area contributed by atoms with Crippen LogP contribution in [-0.2, 0) is 6.61 Å². The Labute approximate surface area is 112 Å². The van der Waals surface area contributed by atoms with Crippen LogP contribution < -0.4 is 4.74 Å². The molecule has 0 atom stereocenters. The van der Waals surface area contributed by atoms with Crippen LogP contribution in [0.3, 0.4) is 0 Å². The summed E-state index contributed by atoms with van der Waals surface area (Å²) in [6.45, 7) is 0.0410. The number of aromatic nitrogens is 2. The van der Waals surface area contributed by atoms with Crippen molar-refractivity contribution in [2.75, 3.05) is 0 Å². The minimum absolute atomic E-state index is 0.0410. The van der Waals surface area contributed by atoms with Crippen LogP contribution >= 0.6 is 11.3 Å². The van der Waals surface area contributed by atoms with Crippen LogP contribution in [0.5, 0.6) is 5.75 Å². The van der Waals surface area contributed by atoms with Crippen molar-refractivity contribution in [3.63, 3.8) is 0 Å². The van der Waals surface area contributed by atoms with Crippen molar-refractivity contribution in [2.24, 2.45) is 0 Å². The molecule has 0 N–H and O–H groups in total. The average molecular weight is 276 g/mol. The number of thiophene rings is 1. The molecule has 0 fully saturated rings. The molecule has 0 saturated carbocycles. The third kappa shape index (κ3) is 2.63. The van der Waals surface area contributed by atoms with Gasteiger partial charge in [-0.1, -0.05) is 23.4 Å². The Kier molecular flexibility index (Phi) is 3.24. The fourth-order valence-electron chi connectivity index (χ4n) is 1.52. The van der Waals surface area contributed by atoms with E-state index in [1.807, 2.05) is 17.5 Å². The molecule has 0 radical (unpaired) electrons. The van der Waals surface area contributed by atoms with Crippen LogP contribution in [0.15, 0.2) is 46.3 Å². The Morgan fingerprint density at radius 2 is 2.11 bits per heavy atom. The normalized spacial score (nSPS) is 10.6. The van der Waals surface area contributed by atoms with E-state index >= 15 is 0 Å². The number of halogens is 1. The van der Waals surface area contributed by atoms with Gasteiger partial charge in [0.1, 0.15) is 0 Å². The highest BCUT2D eigenvalue weighted by molar-refractivity contribution is 7.13. The molecular weight excluding hydrogens is 267 g/mol. The molecule has 0 saturated heterocycles. The maximum absolute atomic E-state index is 13.3. The van der Waals surface area contributed by atoms with Gasteiger partial charge in [-0.15, -0.1) is 11.3 Å². The summed E-state index contributed by atoms with van der Waals surface area (Å²) in [5.74, 6) is 0.577. The largest absolute Gasteiger partial charge is 0.481 e.